The highest BCUT2D eigenvalue weighted by atomic mass is 35.5. The maximum Gasteiger partial charge on any atom is 0.250 e. The van der Waals surface area contributed by atoms with Crippen LogP contribution in [0.3, 0.4) is 0 Å². The molecule has 0 aliphatic carbocycles. The number of thioether (sulfide) groups is 1. The van der Waals surface area contributed by atoms with Crippen LogP contribution in [0.4, 0.5) is 0 Å². The predicted octanol–water partition coefficient (Wildman–Crippen LogP) is 3.30. The lowest BCUT2D eigenvalue weighted by Crippen LogP contribution is -2.21. The second-order valence-corrected chi connectivity index (χ2v) is 5.54. The highest BCUT2D eigenvalue weighted by Gasteiger charge is 2.03. The first-order valence-corrected chi connectivity index (χ1v) is 7.37. The van der Waals surface area contributed by atoms with E-state index < -0.39 is 0 Å². The summed E-state index contributed by atoms with van der Waals surface area (Å²) in [7, 11) is 0. The second-order valence-electron chi connectivity index (χ2n) is 4.06. The van der Waals surface area contributed by atoms with Crippen molar-refractivity contribution in [3.63, 3.8) is 0 Å². The number of aromatic nitrogens is 1. The van der Waals surface area contributed by atoms with Crippen molar-refractivity contribution in [1.82, 2.24) is 10.4 Å². The van der Waals surface area contributed by atoms with E-state index in [1.54, 1.807) is 12.1 Å². The highest BCUT2D eigenvalue weighted by Crippen LogP contribution is 2.19. The van der Waals surface area contributed by atoms with Gasteiger partial charge in [0, 0.05) is 16.1 Å². The summed E-state index contributed by atoms with van der Waals surface area (Å²) in [5.74, 6) is 0.166. The first kappa shape index (κ1) is 14.7. The number of nitrogens with one attached hydrogen (secondary N) is 2. The van der Waals surface area contributed by atoms with Crippen molar-refractivity contribution in [2.75, 3.05) is 5.75 Å². The van der Waals surface area contributed by atoms with E-state index in [1.807, 2.05) is 37.4 Å². The SMILES string of the molecule is C/C(=N\NC(=O)CSc1ccc(Cl)cc1)c1ccc[nH]1. The van der Waals surface area contributed by atoms with Crippen LogP contribution in [0.15, 0.2) is 52.6 Å². The zero-order valence-electron chi connectivity index (χ0n) is 10.9. The van der Waals surface area contributed by atoms with Crippen molar-refractivity contribution in [1.29, 1.82) is 0 Å². The van der Waals surface area contributed by atoms with Crippen LogP contribution in [0.2, 0.25) is 5.02 Å². The van der Waals surface area contributed by atoms with E-state index in [2.05, 4.69) is 15.5 Å². The molecule has 0 spiro atoms. The molecule has 6 heteroatoms. The van der Waals surface area contributed by atoms with Gasteiger partial charge in [0.15, 0.2) is 0 Å². The molecule has 0 saturated heterocycles. The molecule has 1 amide bonds. The molecular formula is C14H14ClN3OS. The molecule has 1 aromatic heterocycles. The number of rotatable bonds is 5. The number of H-pyrrole nitrogens is 1. The van der Waals surface area contributed by atoms with Crippen LogP contribution in [0.5, 0.6) is 0 Å². The summed E-state index contributed by atoms with van der Waals surface area (Å²) in [5, 5.41) is 4.73. The number of halogens is 1. The van der Waals surface area contributed by atoms with Gasteiger partial charge in [-0.1, -0.05) is 11.6 Å². The minimum Gasteiger partial charge on any atom is -0.360 e. The molecular weight excluding hydrogens is 294 g/mol. The van der Waals surface area contributed by atoms with E-state index in [1.165, 1.54) is 11.8 Å². The third-order valence-electron chi connectivity index (χ3n) is 2.52. The number of hydrogen-bond acceptors (Lipinski definition) is 3. The Morgan fingerprint density at radius 2 is 2.10 bits per heavy atom. The van der Waals surface area contributed by atoms with Crippen LogP contribution in [-0.4, -0.2) is 22.4 Å². The number of hydrazone groups is 1. The third-order valence-corrected chi connectivity index (χ3v) is 3.78. The Morgan fingerprint density at radius 3 is 2.75 bits per heavy atom. The lowest BCUT2D eigenvalue weighted by atomic mass is 10.3. The topological polar surface area (TPSA) is 57.2 Å². The van der Waals surface area contributed by atoms with Crippen molar-refractivity contribution in [2.24, 2.45) is 5.10 Å². The van der Waals surface area contributed by atoms with Crippen LogP contribution in [0, 0.1) is 0 Å². The first-order valence-electron chi connectivity index (χ1n) is 6.00. The molecule has 0 aliphatic heterocycles. The Balaban J connectivity index is 1.81. The summed E-state index contributed by atoms with van der Waals surface area (Å²) < 4.78 is 0. The molecule has 2 N–H and O–H groups in total. The zero-order valence-corrected chi connectivity index (χ0v) is 12.5. The van der Waals surface area contributed by atoms with Crippen LogP contribution < -0.4 is 5.43 Å². The summed E-state index contributed by atoms with van der Waals surface area (Å²) in [5.41, 5.74) is 4.16. The molecule has 0 radical (unpaired) electrons. The third kappa shape index (κ3) is 4.43. The quantitative estimate of drug-likeness (QED) is 0.506. The van der Waals surface area contributed by atoms with Crippen molar-refractivity contribution in [3.8, 4) is 0 Å². The normalized spacial score (nSPS) is 11.4. The number of aromatic amines is 1. The Bertz CT molecular complexity index is 593. The Morgan fingerprint density at radius 1 is 1.35 bits per heavy atom. The minimum atomic E-state index is -0.143. The molecule has 2 rings (SSSR count). The van der Waals surface area contributed by atoms with Gasteiger partial charge in [0.25, 0.3) is 0 Å². The van der Waals surface area contributed by atoms with E-state index in [0.29, 0.717) is 10.8 Å². The van der Waals surface area contributed by atoms with Gasteiger partial charge in [-0.05, 0) is 43.3 Å². The summed E-state index contributed by atoms with van der Waals surface area (Å²) in [6.07, 6.45) is 1.81. The van der Waals surface area contributed by atoms with Crippen molar-refractivity contribution in [3.05, 3.63) is 53.3 Å². The highest BCUT2D eigenvalue weighted by molar-refractivity contribution is 8.00. The molecule has 0 fully saturated rings. The number of nitrogens with zero attached hydrogens (tertiary/aromatic N) is 1. The van der Waals surface area contributed by atoms with E-state index in [0.717, 1.165) is 16.3 Å². The average molecular weight is 308 g/mol. The molecule has 0 saturated carbocycles. The maximum atomic E-state index is 11.7. The second kappa shape index (κ2) is 7.17. The lowest BCUT2D eigenvalue weighted by molar-refractivity contribution is -0.118. The van der Waals surface area contributed by atoms with Crippen LogP contribution in [0.25, 0.3) is 0 Å². The van der Waals surface area contributed by atoms with Gasteiger partial charge >= 0.3 is 0 Å². The van der Waals surface area contributed by atoms with E-state index in [-0.39, 0.29) is 5.91 Å². The van der Waals surface area contributed by atoms with Crippen molar-refractivity contribution >= 4 is 35.0 Å². The van der Waals surface area contributed by atoms with Crippen molar-refractivity contribution in [2.45, 2.75) is 11.8 Å². The molecule has 1 heterocycles. The fourth-order valence-corrected chi connectivity index (χ4v) is 2.29. The average Bonchev–Trinajstić information content (AvgIpc) is 2.98. The van der Waals surface area contributed by atoms with Crippen LogP contribution in [0.1, 0.15) is 12.6 Å². The van der Waals surface area contributed by atoms with E-state index in [4.69, 9.17) is 11.6 Å². The standard InChI is InChI=1S/C14H14ClN3OS/c1-10(13-3-2-8-16-13)17-18-14(19)9-20-12-6-4-11(15)5-7-12/h2-8,16H,9H2,1H3,(H,18,19)/b17-10+. The van der Waals surface area contributed by atoms with Crippen molar-refractivity contribution < 1.29 is 4.79 Å². The van der Waals surface area contributed by atoms with E-state index >= 15 is 0 Å². The number of hydrogen-bond donors (Lipinski definition) is 2. The monoisotopic (exact) mass is 307 g/mol. The summed E-state index contributed by atoms with van der Waals surface area (Å²) in [6.45, 7) is 1.83. The fourth-order valence-electron chi connectivity index (χ4n) is 1.47. The summed E-state index contributed by atoms with van der Waals surface area (Å²) >= 11 is 7.24. The predicted molar refractivity (Wildman–Crippen MR) is 83.3 cm³/mol. The zero-order chi connectivity index (χ0) is 14.4. The fraction of sp³-hybridized carbons (Fsp3) is 0.143. The van der Waals surface area contributed by atoms with Gasteiger partial charge in [0.05, 0.1) is 17.2 Å². The smallest absolute Gasteiger partial charge is 0.250 e. The molecule has 4 nitrogen and oxygen atoms in total. The molecule has 0 unspecified atom stereocenters. The van der Waals surface area contributed by atoms with Gasteiger partial charge in [-0.15, -0.1) is 11.8 Å². The summed E-state index contributed by atoms with van der Waals surface area (Å²) in [6, 6.07) is 11.1. The molecule has 0 bridgehead atoms. The number of amides is 1. The van der Waals surface area contributed by atoms with Gasteiger partial charge in [0.1, 0.15) is 0 Å². The Hall–Kier alpha value is -1.72. The molecule has 0 aliphatic rings. The lowest BCUT2D eigenvalue weighted by Gasteiger charge is -2.02. The van der Waals surface area contributed by atoms with Gasteiger partial charge < -0.3 is 4.98 Å². The molecule has 0 atom stereocenters. The molecule has 2 aromatic rings. The molecule has 1 aromatic carbocycles. The molecule has 20 heavy (non-hydrogen) atoms. The van der Waals surface area contributed by atoms with Gasteiger partial charge in [0.2, 0.25) is 5.91 Å². The largest absolute Gasteiger partial charge is 0.360 e. The number of carbonyl (C=O) groups excluding carboxylic acids is 1. The van der Waals surface area contributed by atoms with Crippen LogP contribution in [-0.2, 0) is 4.79 Å². The number of carbonyl (C=O) groups is 1. The van der Waals surface area contributed by atoms with Crippen LogP contribution >= 0.6 is 23.4 Å². The Labute approximate surface area is 126 Å². The van der Waals surface area contributed by atoms with E-state index in [9.17, 15) is 4.79 Å². The van der Waals surface area contributed by atoms with Gasteiger partial charge in [-0.2, -0.15) is 5.10 Å². The summed E-state index contributed by atoms with van der Waals surface area (Å²) in [4.78, 5) is 15.7. The Kier molecular flexibility index (Phi) is 5.26. The number of benzene rings is 1. The molecule has 104 valence electrons. The minimum absolute atomic E-state index is 0.143. The van der Waals surface area contributed by atoms with Gasteiger partial charge in [-0.25, -0.2) is 5.43 Å². The van der Waals surface area contributed by atoms with Gasteiger partial charge in [-0.3, -0.25) is 4.79 Å². The maximum absolute atomic E-state index is 11.7. The first-order chi connectivity index (χ1) is 9.65.